The van der Waals surface area contributed by atoms with Gasteiger partial charge in [0.05, 0.1) is 5.69 Å². The van der Waals surface area contributed by atoms with Gasteiger partial charge in [-0.05, 0) is 31.4 Å². The van der Waals surface area contributed by atoms with E-state index in [1.165, 1.54) is 0 Å². The third-order valence-corrected chi connectivity index (χ3v) is 6.10. The van der Waals surface area contributed by atoms with Crippen LogP contribution in [-0.2, 0) is 23.5 Å². The molecule has 2 aromatic rings. The predicted molar refractivity (Wildman–Crippen MR) is 92.3 cm³/mol. The Morgan fingerprint density at radius 3 is 2.79 bits per heavy atom. The van der Waals surface area contributed by atoms with Gasteiger partial charge in [-0.1, -0.05) is 18.9 Å². The Morgan fingerprint density at radius 1 is 1.33 bits per heavy atom. The third kappa shape index (κ3) is 3.67. The molecule has 6 nitrogen and oxygen atoms in total. The molecule has 0 bridgehead atoms. The van der Waals surface area contributed by atoms with Crippen LogP contribution in [0.4, 0.5) is 0 Å². The van der Waals surface area contributed by atoms with E-state index in [2.05, 4.69) is 14.8 Å². The van der Waals surface area contributed by atoms with E-state index in [9.17, 15) is 8.42 Å². The van der Waals surface area contributed by atoms with Crippen LogP contribution in [-0.4, -0.2) is 29.7 Å². The third-order valence-electron chi connectivity index (χ3n) is 4.63. The summed E-state index contributed by atoms with van der Waals surface area (Å²) in [5, 5.41) is 4.42. The number of aromatic nitrogens is 3. The van der Waals surface area contributed by atoms with E-state index >= 15 is 0 Å². The lowest BCUT2D eigenvalue weighted by Crippen LogP contribution is -2.27. The molecule has 1 N–H and O–H groups in total. The highest BCUT2D eigenvalue weighted by molar-refractivity contribution is 7.89. The molecule has 0 unspecified atom stereocenters. The van der Waals surface area contributed by atoms with Gasteiger partial charge in [-0.2, -0.15) is 5.10 Å². The van der Waals surface area contributed by atoms with Crippen LogP contribution in [0.25, 0.3) is 0 Å². The summed E-state index contributed by atoms with van der Waals surface area (Å²) < 4.78 is 29.7. The molecule has 2 aromatic heterocycles. The van der Waals surface area contributed by atoms with E-state index < -0.39 is 10.0 Å². The van der Waals surface area contributed by atoms with Gasteiger partial charge in [-0.15, -0.1) is 0 Å². The molecular formula is C17H24N4O2S. The fourth-order valence-corrected chi connectivity index (χ4v) is 4.64. The van der Waals surface area contributed by atoms with Crippen LogP contribution in [0.1, 0.15) is 48.6 Å². The molecule has 0 atom stereocenters. The molecule has 7 heteroatoms. The van der Waals surface area contributed by atoms with Crippen molar-refractivity contribution < 1.29 is 8.42 Å². The Bertz CT molecular complexity index is 808. The van der Waals surface area contributed by atoms with Crippen molar-refractivity contribution in [1.29, 1.82) is 0 Å². The predicted octanol–water partition coefficient (Wildman–Crippen LogP) is 2.30. The Balaban J connectivity index is 1.73. The molecule has 0 amide bonds. The van der Waals surface area contributed by atoms with Crippen LogP contribution in [0.2, 0.25) is 0 Å². The van der Waals surface area contributed by atoms with E-state index in [0.29, 0.717) is 17.9 Å². The van der Waals surface area contributed by atoms with Gasteiger partial charge >= 0.3 is 0 Å². The molecule has 0 aliphatic heterocycles. The highest BCUT2D eigenvalue weighted by Crippen LogP contribution is 2.36. The van der Waals surface area contributed by atoms with Crippen molar-refractivity contribution in [3.05, 3.63) is 41.5 Å². The summed E-state index contributed by atoms with van der Waals surface area (Å²) in [5.41, 5.74) is 2.71. The monoisotopic (exact) mass is 348 g/mol. The summed E-state index contributed by atoms with van der Waals surface area (Å²) in [4.78, 5) is 4.63. The Morgan fingerprint density at radius 2 is 2.08 bits per heavy atom. The number of nitrogens with one attached hydrogen (secondary N) is 1. The van der Waals surface area contributed by atoms with Crippen molar-refractivity contribution in [2.45, 2.75) is 49.8 Å². The van der Waals surface area contributed by atoms with Gasteiger partial charge in [0.1, 0.15) is 4.90 Å². The fourth-order valence-electron chi connectivity index (χ4n) is 3.33. The van der Waals surface area contributed by atoms with Gasteiger partial charge in [0.15, 0.2) is 0 Å². The number of hydrogen-bond acceptors (Lipinski definition) is 4. The standard InChI is InChI=1S/C17H24N4O2S/c1-13-6-5-10-18-15(13)9-11-19-24(22,23)16-12-21(2)20-17(16)14-7-3-4-8-14/h5-6,10,12,14,19H,3-4,7-9,11H2,1-2H3. The van der Waals surface area contributed by atoms with Gasteiger partial charge in [0.25, 0.3) is 0 Å². The smallest absolute Gasteiger partial charge is 0.243 e. The Kier molecular flexibility index (Phi) is 5.01. The minimum absolute atomic E-state index is 0.260. The second-order valence-corrected chi connectivity index (χ2v) is 8.18. The van der Waals surface area contributed by atoms with Crippen molar-refractivity contribution in [2.75, 3.05) is 6.54 Å². The molecule has 1 aliphatic carbocycles. The summed E-state index contributed by atoms with van der Waals surface area (Å²) in [7, 11) is -1.78. The zero-order valence-electron chi connectivity index (χ0n) is 14.2. The normalized spacial score (nSPS) is 15.9. The molecule has 1 aliphatic rings. The minimum Gasteiger partial charge on any atom is -0.274 e. The maximum Gasteiger partial charge on any atom is 0.243 e. The lowest BCUT2D eigenvalue weighted by molar-refractivity contribution is 0.576. The van der Waals surface area contributed by atoms with E-state index in [4.69, 9.17) is 0 Å². The Labute approximate surface area is 143 Å². The second kappa shape index (κ2) is 7.03. The first-order chi connectivity index (χ1) is 11.5. The molecule has 24 heavy (non-hydrogen) atoms. The number of rotatable bonds is 6. The number of aryl methyl sites for hydroxylation is 2. The Hall–Kier alpha value is -1.73. The van der Waals surface area contributed by atoms with E-state index in [-0.39, 0.29) is 5.92 Å². The second-order valence-electron chi connectivity index (χ2n) is 6.45. The van der Waals surface area contributed by atoms with Crippen molar-refractivity contribution in [2.24, 2.45) is 7.05 Å². The average Bonchev–Trinajstić information content (AvgIpc) is 3.18. The SMILES string of the molecule is Cc1cccnc1CCNS(=O)(=O)c1cn(C)nc1C1CCCC1. The molecule has 3 rings (SSSR count). The highest BCUT2D eigenvalue weighted by Gasteiger charge is 2.29. The topological polar surface area (TPSA) is 76.9 Å². The first-order valence-electron chi connectivity index (χ1n) is 8.41. The van der Waals surface area contributed by atoms with E-state index in [1.807, 2.05) is 19.1 Å². The number of hydrogen-bond donors (Lipinski definition) is 1. The lowest BCUT2D eigenvalue weighted by Gasteiger charge is -2.10. The minimum atomic E-state index is -3.55. The highest BCUT2D eigenvalue weighted by atomic mass is 32.2. The van der Waals surface area contributed by atoms with Crippen LogP contribution in [0, 0.1) is 6.92 Å². The summed E-state index contributed by atoms with van der Waals surface area (Å²) in [6.45, 7) is 2.31. The van der Waals surface area contributed by atoms with Gasteiger partial charge in [-0.3, -0.25) is 9.67 Å². The molecule has 0 spiro atoms. The van der Waals surface area contributed by atoms with Crippen LogP contribution in [0.3, 0.4) is 0 Å². The molecular weight excluding hydrogens is 324 g/mol. The summed E-state index contributed by atoms with van der Waals surface area (Å²) >= 11 is 0. The molecule has 0 radical (unpaired) electrons. The van der Waals surface area contributed by atoms with Crippen LogP contribution in [0.15, 0.2) is 29.4 Å². The van der Waals surface area contributed by atoms with Gasteiger partial charge in [-0.25, -0.2) is 13.1 Å². The number of pyridine rings is 1. The maximum absolute atomic E-state index is 12.7. The first-order valence-corrected chi connectivity index (χ1v) is 9.89. The molecule has 0 saturated heterocycles. The largest absolute Gasteiger partial charge is 0.274 e. The van der Waals surface area contributed by atoms with Crippen LogP contribution < -0.4 is 4.72 Å². The molecule has 1 saturated carbocycles. The molecule has 2 heterocycles. The van der Waals surface area contributed by atoms with Crippen molar-refractivity contribution in [3.63, 3.8) is 0 Å². The average molecular weight is 348 g/mol. The van der Waals surface area contributed by atoms with Crippen LogP contribution >= 0.6 is 0 Å². The van der Waals surface area contributed by atoms with E-state index in [1.54, 1.807) is 24.1 Å². The first kappa shape index (κ1) is 17.1. The van der Waals surface area contributed by atoms with Crippen LogP contribution in [0.5, 0.6) is 0 Å². The van der Waals surface area contributed by atoms with Crippen molar-refractivity contribution >= 4 is 10.0 Å². The summed E-state index contributed by atoms with van der Waals surface area (Å²) in [5.74, 6) is 0.260. The number of sulfonamides is 1. The molecule has 0 aromatic carbocycles. The zero-order chi connectivity index (χ0) is 17.2. The summed E-state index contributed by atoms with van der Waals surface area (Å²) in [6.07, 6.45) is 8.25. The van der Waals surface area contributed by atoms with Crippen molar-refractivity contribution in [3.8, 4) is 0 Å². The summed E-state index contributed by atoms with van der Waals surface area (Å²) in [6, 6.07) is 3.86. The maximum atomic E-state index is 12.7. The van der Waals surface area contributed by atoms with Gasteiger partial charge in [0.2, 0.25) is 10.0 Å². The number of nitrogens with zero attached hydrogens (tertiary/aromatic N) is 3. The fraction of sp³-hybridized carbons (Fsp3) is 0.529. The molecule has 130 valence electrons. The quantitative estimate of drug-likeness (QED) is 0.869. The van der Waals surface area contributed by atoms with E-state index in [0.717, 1.165) is 42.6 Å². The van der Waals surface area contributed by atoms with Gasteiger partial charge in [0, 0.05) is 44.0 Å². The van der Waals surface area contributed by atoms with Crippen molar-refractivity contribution in [1.82, 2.24) is 19.5 Å². The van der Waals surface area contributed by atoms with Gasteiger partial charge < -0.3 is 0 Å². The zero-order valence-corrected chi connectivity index (χ0v) is 15.0. The lowest BCUT2D eigenvalue weighted by atomic mass is 10.1. The molecule has 1 fully saturated rings.